The van der Waals surface area contributed by atoms with Gasteiger partial charge >= 0.3 is 0 Å². The SMILES string of the molecule is O=S(=O)(Nc1nc2ccccc2s1)c1cc(Br)cc(Cl)c1O. The fourth-order valence-electron chi connectivity index (χ4n) is 1.83. The topological polar surface area (TPSA) is 79.3 Å². The highest BCUT2D eigenvalue weighted by Crippen LogP contribution is 2.36. The Labute approximate surface area is 143 Å². The Bertz CT molecular complexity index is 940. The molecule has 22 heavy (non-hydrogen) atoms. The normalized spacial score (nSPS) is 11.7. The number of thiazole rings is 1. The molecule has 0 aliphatic carbocycles. The standard InChI is InChI=1S/C13H8BrClN2O3S2/c14-7-5-8(15)12(18)11(6-7)22(19,20)17-13-16-9-3-1-2-4-10(9)21-13/h1-6,18H,(H,16,17). The molecule has 0 saturated carbocycles. The molecule has 0 amide bonds. The molecule has 2 aromatic carbocycles. The Hall–Kier alpha value is -1.35. The number of para-hydroxylation sites is 1. The van der Waals surface area contributed by atoms with E-state index in [4.69, 9.17) is 11.6 Å². The van der Waals surface area contributed by atoms with Gasteiger partial charge < -0.3 is 5.11 Å². The molecular weight excluding hydrogens is 412 g/mol. The van der Waals surface area contributed by atoms with Crippen LogP contribution in [0.2, 0.25) is 5.02 Å². The molecule has 3 rings (SSSR count). The van der Waals surface area contributed by atoms with Gasteiger partial charge in [0.15, 0.2) is 10.9 Å². The quantitative estimate of drug-likeness (QED) is 0.666. The van der Waals surface area contributed by atoms with Gasteiger partial charge in [-0.05, 0) is 24.3 Å². The molecule has 1 heterocycles. The first-order valence-electron chi connectivity index (χ1n) is 5.93. The summed E-state index contributed by atoms with van der Waals surface area (Å²) >= 11 is 10.2. The lowest BCUT2D eigenvalue weighted by Crippen LogP contribution is -2.13. The number of phenols is 1. The van der Waals surface area contributed by atoms with Crippen LogP contribution < -0.4 is 4.72 Å². The Balaban J connectivity index is 2.03. The number of rotatable bonds is 3. The number of phenolic OH excluding ortho intramolecular Hbond substituents is 1. The number of benzene rings is 2. The molecule has 9 heteroatoms. The lowest BCUT2D eigenvalue weighted by molar-refractivity contribution is 0.459. The van der Waals surface area contributed by atoms with Crippen molar-refractivity contribution in [2.45, 2.75) is 4.90 Å². The number of nitrogens with one attached hydrogen (secondary N) is 1. The second-order valence-electron chi connectivity index (χ2n) is 4.33. The van der Waals surface area contributed by atoms with E-state index in [0.29, 0.717) is 9.99 Å². The maximum atomic E-state index is 12.4. The minimum atomic E-state index is -4.00. The van der Waals surface area contributed by atoms with Crippen molar-refractivity contribution >= 4 is 64.2 Å². The predicted molar refractivity (Wildman–Crippen MR) is 91.2 cm³/mol. The highest BCUT2D eigenvalue weighted by Gasteiger charge is 2.23. The minimum Gasteiger partial charge on any atom is -0.505 e. The minimum absolute atomic E-state index is 0.0564. The molecule has 0 saturated heterocycles. The summed E-state index contributed by atoms with van der Waals surface area (Å²) in [6, 6.07) is 9.98. The van der Waals surface area contributed by atoms with Crippen molar-refractivity contribution in [3.63, 3.8) is 0 Å². The summed E-state index contributed by atoms with van der Waals surface area (Å²) in [5.74, 6) is -0.501. The predicted octanol–water partition coefficient (Wildman–Crippen LogP) is 4.22. The Morgan fingerprint density at radius 2 is 2.00 bits per heavy atom. The van der Waals surface area contributed by atoms with Crippen LogP contribution in [0.5, 0.6) is 5.75 Å². The zero-order valence-electron chi connectivity index (χ0n) is 10.7. The molecule has 1 aromatic heterocycles. The van der Waals surface area contributed by atoms with Crippen molar-refractivity contribution in [1.82, 2.24) is 4.98 Å². The summed E-state index contributed by atoms with van der Waals surface area (Å²) in [5.41, 5.74) is 0.696. The fourth-order valence-corrected chi connectivity index (χ4v) is 5.09. The summed E-state index contributed by atoms with van der Waals surface area (Å²) in [6.07, 6.45) is 0. The van der Waals surface area contributed by atoms with Crippen molar-refractivity contribution in [2.24, 2.45) is 0 Å². The maximum Gasteiger partial charge on any atom is 0.267 e. The number of aromatic nitrogens is 1. The van der Waals surface area contributed by atoms with Crippen molar-refractivity contribution in [1.29, 1.82) is 0 Å². The summed E-state index contributed by atoms with van der Waals surface area (Å²) in [5, 5.41) is 10.0. The van der Waals surface area contributed by atoms with Gasteiger partial charge in [0.1, 0.15) is 4.90 Å². The lowest BCUT2D eigenvalue weighted by atomic mass is 10.3. The van der Waals surface area contributed by atoms with Crippen LogP contribution in [-0.4, -0.2) is 18.5 Å². The third-order valence-electron chi connectivity index (χ3n) is 2.80. The van der Waals surface area contributed by atoms with Gasteiger partial charge in [-0.15, -0.1) is 0 Å². The van der Waals surface area contributed by atoms with Gasteiger partial charge in [-0.3, -0.25) is 4.72 Å². The van der Waals surface area contributed by atoms with Crippen molar-refractivity contribution in [3.05, 3.63) is 45.9 Å². The highest BCUT2D eigenvalue weighted by molar-refractivity contribution is 9.10. The van der Waals surface area contributed by atoms with Crippen molar-refractivity contribution in [2.75, 3.05) is 4.72 Å². The van der Waals surface area contributed by atoms with Gasteiger partial charge in [-0.2, -0.15) is 0 Å². The molecule has 0 fully saturated rings. The molecular formula is C13H8BrClN2O3S2. The van der Waals surface area contributed by atoms with Crippen LogP contribution in [0.25, 0.3) is 10.2 Å². The number of fused-ring (bicyclic) bond motifs is 1. The van der Waals surface area contributed by atoms with Gasteiger partial charge in [0.25, 0.3) is 10.0 Å². The van der Waals surface area contributed by atoms with E-state index in [-0.39, 0.29) is 15.0 Å². The van der Waals surface area contributed by atoms with E-state index >= 15 is 0 Å². The summed E-state index contributed by atoms with van der Waals surface area (Å²) in [6.45, 7) is 0. The van der Waals surface area contributed by atoms with E-state index in [1.165, 1.54) is 23.5 Å². The third-order valence-corrected chi connectivity index (χ3v) is 5.98. The molecule has 0 radical (unpaired) electrons. The fraction of sp³-hybridized carbons (Fsp3) is 0. The number of hydrogen-bond donors (Lipinski definition) is 2. The molecule has 3 aromatic rings. The van der Waals surface area contributed by atoms with Crippen LogP contribution in [0.4, 0.5) is 5.13 Å². The number of aromatic hydroxyl groups is 1. The van der Waals surface area contributed by atoms with E-state index < -0.39 is 15.8 Å². The average Bonchev–Trinajstić information content (AvgIpc) is 2.83. The Kier molecular flexibility index (Phi) is 4.02. The smallest absolute Gasteiger partial charge is 0.267 e. The van der Waals surface area contributed by atoms with Crippen LogP contribution in [0, 0.1) is 0 Å². The molecule has 0 atom stereocenters. The van der Waals surface area contributed by atoms with E-state index in [2.05, 4.69) is 25.6 Å². The van der Waals surface area contributed by atoms with E-state index in [1.807, 2.05) is 18.2 Å². The van der Waals surface area contributed by atoms with Gasteiger partial charge in [0.05, 0.1) is 15.2 Å². The van der Waals surface area contributed by atoms with Gasteiger partial charge in [0, 0.05) is 4.47 Å². The molecule has 5 nitrogen and oxygen atoms in total. The van der Waals surface area contributed by atoms with Gasteiger partial charge in [-0.1, -0.05) is 51.0 Å². The molecule has 0 aliphatic rings. The molecule has 0 bridgehead atoms. The number of nitrogens with zero attached hydrogens (tertiary/aromatic N) is 1. The van der Waals surface area contributed by atoms with E-state index in [9.17, 15) is 13.5 Å². The summed E-state index contributed by atoms with van der Waals surface area (Å²) in [7, 11) is -4.00. The maximum absolute atomic E-state index is 12.4. The van der Waals surface area contributed by atoms with Crippen molar-refractivity contribution in [3.8, 4) is 5.75 Å². The zero-order valence-corrected chi connectivity index (χ0v) is 14.7. The summed E-state index contributed by atoms with van der Waals surface area (Å²) < 4.78 is 28.5. The number of anilines is 1. The monoisotopic (exact) mass is 418 g/mol. The Morgan fingerprint density at radius 1 is 1.27 bits per heavy atom. The highest BCUT2D eigenvalue weighted by atomic mass is 79.9. The van der Waals surface area contributed by atoms with E-state index in [0.717, 1.165) is 4.70 Å². The molecule has 2 N–H and O–H groups in total. The van der Waals surface area contributed by atoms with Crippen LogP contribution in [0.15, 0.2) is 45.8 Å². The van der Waals surface area contributed by atoms with E-state index in [1.54, 1.807) is 6.07 Å². The second-order valence-corrected chi connectivity index (χ2v) is 8.33. The molecule has 0 unspecified atom stereocenters. The zero-order chi connectivity index (χ0) is 15.9. The first-order chi connectivity index (χ1) is 10.4. The molecule has 114 valence electrons. The number of sulfonamides is 1. The average molecular weight is 420 g/mol. The lowest BCUT2D eigenvalue weighted by Gasteiger charge is -2.08. The largest absolute Gasteiger partial charge is 0.505 e. The Morgan fingerprint density at radius 3 is 2.73 bits per heavy atom. The first-order valence-corrected chi connectivity index (χ1v) is 9.40. The summed E-state index contributed by atoms with van der Waals surface area (Å²) in [4.78, 5) is 3.89. The van der Waals surface area contributed by atoms with Crippen molar-refractivity contribution < 1.29 is 13.5 Å². The van der Waals surface area contributed by atoms with Gasteiger partial charge in [-0.25, -0.2) is 13.4 Å². The van der Waals surface area contributed by atoms with Crippen LogP contribution in [-0.2, 0) is 10.0 Å². The number of halogens is 2. The molecule has 0 spiro atoms. The van der Waals surface area contributed by atoms with Crippen LogP contribution in [0.1, 0.15) is 0 Å². The van der Waals surface area contributed by atoms with Gasteiger partial charge in [0.2, 0.25) is 0 Å². The van der Waals surface area contributed by atoms with Crippen LogP contribution in [0.3, 0.4) is 0 Å². The number of hydrogen-bond acceptors (Lipinski definition) is 5. The second kappa shape index (κ2) is 5.69. The molecule has 0 aliphatic heterocycles. The third kappa shape index (κ3) is 2.91. The first kappa shape index (κ1) is 15.5. The van der Waals surface area contributed by atoms with Crippen LogP contribution >= 0.6 is 38.9 Å².